The van der Waals surface area contributed by atoms with Gasteiger partial charge in [-0.15, -0.1) is 0 Å². The zero-order valence-corrected chi connectivity index (χ0v) is 10.8. The van der Waals surface area contributed by atoms with E-state index in [2.05, 4.69) is 31.0 Å². The van der Waals surface area contributed by atoms with Gasteiger partial charge in [-0.25, -0.2) is 0 Å². The smallest absolute Gasteiger partial charge is 0.324 e. The molecule has 4 nitrogen and oxygen atoms in total. The molecule has 0 saturated heterocycles. The lowest BCUT2D eigenvalue weighted by Crippen LogP contribution is -2.58. The van der Waals surface area contributed by atoms with E-state index in [0.717, 1.165) is 19.4 Å². The van der Waals surface area contributed by atoms with Crippen LogP contribution in [-0.2, 0) is 4.79 Å². The first-order valence-corrected chi connectivity index (χ1v) is 6.14. The van der Waals surface area contributed by atoms with Crippen LogP contribution < -0.4 is 5.32 Å². The Morgan fingerprint density at radius 3 is 2.44 bits per heavy atom. The van der Waals surface area contributed by atoms with Crippen molar-refractivity contribution in [2.75, 3.05) is 13.1 Å². The molecule has 0 amide bonds. The number of aliphatic carboxylic acids is 1. The first-order chi connectivity index (χ1) is 7.39. The van der Waals surface area contributed by atoms with Crippen LogP contribution in [0.15, 0.2) is 0 Å². The van der Waals surface area contributed by atoms with Crippen molar-refractivity contribution in [1.82, 2.24) is 10.2 Å². The first kappa shape index (κ1) is 13.5. The summed E-state index contributed by atoms with van der Waals surface area (Å²) in [7, 11) is 0. The van der Waals surface area contributed by atoms with Crippen molar-refractivity contribution in [3.8, 4) is 0 Å². The van der Waals surface area contributed by atoms with Crippen LogP contribution in [0.3, 0.4) is 0 Å². The highest BCUT2D eigenvalue weighted by Gasteiger charge is 2.39. The molecule has 1 atom stereocenters. The minimum atomic E-state index is -0.818. The maximum atomic E-state index is 11.4. The van der Waals surface area contributed by atoms with E-state index in [0.29, 0.717) is 18.6 Å². The van der Waals surface area contributed by atoms with Gasteiger partial charge < -0.3 is 5.11 Å². The molecule has 0 aromatic heterocycles. The van der Waals surface area contributed by atoms with Crippen molar-refractivity contribution in [2.45, 2.75) is 58.2 Å². The summed E-state index contributed by atoms with van der Waals surface area (Å²) >= 11 is 0. The molecule has 0 spiro atoms. The normalized spacial score (nSPS) is 20.1. The molecule has 4 heteroatoms. The van der Waals surface area contributed by atoms with Gasteiger partial charge in [-0.3, -0.25) is 15.0 Å². The lowest BCUT2D eigenvalue weighted by atomic mass is 10.0. The highest BCUT2D eigenvalue weighted by atomic mass is 16.4. The number of carboxylic acids is 1. The summed E-state index contributed by atoms with van der Waals surface area (Å²) < 4.78 is 0. The molecule has 1 rings (SSSR count). The molecule has 0 aromatic carbocycles. The summed E-state index contributed by atoms with van der Waals surface area (Å²) in [5.41, 5.74) is -0.818. The van der Waals surface area contributed by atoms with Crippen molar-refractivity contribution in [2.24, 2.45) is 0 Å². The Balaban J connectivity index is 2.64. The summed E-state index contributed by atoms with van der Waals surface area (Å²) in [5.74, 6) is -0.751. The monoisotopic (exact) mass is 228 g/mol. The second kappa shape index (κ2) is 5.15. The van der Waals surface area contributed by atoms with Crippen LogP contribution in [0.25, 0.3) is 0 Å². The molecule has 1 aliphatic carbocycles. The number of likely N-dealkylation sites (N-methyl/N-ethyl adjacent to an activating group) is 1. The van der Waals surface area contributed by atoms with Gasteiger partial charge >= 0.3 is 5.97 Å². The molecule has 2 N–H and O–H groups in total. The Labute approximate surface area is 98.0 Å². The molecule has 0 radical (unpaired) electrons. The number of rotatable bonds is 7. The zero-order valence-electron chi connectivity index (χ0n) is 10.8. The molecule has 16 heavy (non-hydrogen) atoms. The van der Waals surface area contributed by atoms with E-state index >= 15 is 0 Å². The Kier molecular flexibility index (Phi) is 4.33. The quantitative estimate of drug-likeness (QED) is 0.690. The second-order valence-corrected chi connectivity index (χ2v) is 5.21. The molecule has 0 heterocycles. The van der Waals surface area contributed by atoms with Crippen molar-refractivity contribution in [3.63, 3.8) is 0 Å². The van der Waals surface area contributed by atoms with Gasteiger partial charge in [0.15, 0.2) is 0 Å². The predicted octanol–water partition coefficient (Wildman–Crippen LogP) is 1.31. The number of carbonyl (C=O) groups is 1. The van der Waals surface area contributed by atoms with Crippen molar-refractivity contribution < 1.29 is 9.90 Å². The molecule has 0 aliphatic heterocycles. The first-order valence-electron chi connectivity index (χ1n) is 6.14. The molecule has 0 bridgehead atoms. The van der Waals surface area contributed by atoms with Crippen LogP contribution in [0.1, 0.15) is 40.5 Å². The lowest BCUT2D eigenvalue weighted by molar-refractivity contribution is -0.145. The number of nitrogens with one attached hydrogen (secondary N) is 1. The third-order valence-corrected chi connectivity index (χ3v) is 3.23. The molecule has 0 aromatic rings. The van der Waals surface area contributed by atoms with Gasteiger partial charge in [0, 0.05) is 18.6 Å². The van der Waals surface area contributed by atoms with Gasteiger partial charge in [-0.1, -0.05) is 6.92 Å². The maximum Gasteiger partial charge on any atom is 0.324 e. The van der Waals surface area contributed by atoms with Gasteiger partial charge in [-0.05, 0) is 40.2 Å². The molecule has 94 valence electrons. The average molecular weight is 228 g/mol. The largest absolute Gasteiger partial charge is 0.480 e. The Morgan fingerprint density at radius 1 is 1.56 bits per heavy atom. The van der Waals surface area contributed by atoms with E-state index in [1.54, 1.807) is 6.92 Å². The zero-order chi connectivity index (χ0) is 12.3. The fourth-order valence-electron chi connectivity index (χ4n) is 1.92. The molecule has 1 aliphatic rings. The average Bonchev–Trinajstić information content (AvgIpc) is 2.97. The summed E-state index contributed by atoms with van der Waals surface area (Å²) in [6.07, 6.45) is 2.22. The van der Waals surface area contributed by atoms with Crippen LogP contribution in [-0.4, -0.2) is 46.7 Å². The minimum absolute atomic E-state index is 0.379. The van der Waals surface area contributed by atoms with E-state index in [9.17, 15) is 9.90 Å². The third kappa shape index (κ3) is 3.46. The number of hydrogen-bond donors (Lipinski definition) is 2. The van der Waals surface area contributed by atoms with E-state index < -0.39 is 11.5 Å². The number of carboxylic acid groups (broad SMARTS) is 1. The summed E-state index contributed by atoms with van der Waals surface area (Å²) in [6, 6.07) is 0.789. The summed E-state index contributed by atoms with van der Waals surface area (Å²) in [5, 5.41) is 12.6. The van der Waals surface area contributed by atoms with Crippen LogP contribution in [0.5, 0.6) is 0 Å². The standard InChI is InChI=1S/C12H24N2O2/c1-5-14(9(2)3)8-12(4,11(15)16)13-10-6-7-10/h9-10,13H,5-8H2,1-4H3,(H,15,16). The number of nitrogens with zero attached hydrogens (tertiary/aromatic N) is 1. The van der Waals surface area contributed by atoms with Gasteiger partial charge in [0.05, 0.1) is 0 Å². The minimum Gasteiger partial charge on any atom is -0.480 e. The Bertz CT molecular complexity index is 251. The SMILES string of the molecule is CCN(CC(C)(NC1CC1)C(=O)O)C(C)C. The summed E-state index contributed by atoms with van der Waals surface area (Å²) in [4.78, 5) is 13.6. The highest BCUT2D eigenvalue weighted by Crippen LogP contribution is 2.23. The molecular formula is C12H24N2O2. The third-order valence-electron chi connectivity index (χ3n) is 3.23. The summed E-state index contributed by atoms with van der Waals surface area (Å²) in [6.45, 7) is 9.50. The van der Waals surface area contributed by atoms with Gasteiger partial charge in [0.2, 0.25) is 0 Å². The molecule has 1 unspecified atom stereocenters. The molecular weight excluding hydrogens is 204 g/mol. The highest BCUT2D eigenvalue weighted by molar-refractivity contribution is 5.78. The maximum absolute atomic E-state index is 11.4. The van der Waals surface area contributed by atoms with Crippen LogP contribution in [0, 0.1) is 0 Å². The van der Waals surface area contributed by atoms with Crippen molar-refractivity contribution in [1.29, 1.82) is 0 Å². The fourth-order valence-corrected chi connectivity index (χ4v) is 1.92. The van der Waals surface area contributed by atoms with E-state index in [4.69, 9.17) is 0 Å². The van der Waals surface area contributed by atoms with Crippen molar-refractivity contribution >= 4 is 5.97 Å². The second-order valence-electron chi connectivity index (χ2n) is 5.21. The Morgan fingerprint density at radius 2 is 2.12 bits per heavy atom. The molecule has 1 saturated carbocycles. The van der Waals surface area contributed by atoms with Crippen LogP contribution in [0.4, 0.5) is 0 Å². The van der Waals surface area contributed by atoms with Gasteiger partial charge in [0.25, 0.3) is 0 Å². The van der Waals surface area contributed by atoms with Crippen LogP contribution in [0.2, 0.25) is 0 Å². The lowest BCUT2D eigenvalue weighted by Gasteiger charge is -2.35. The van der Waals surface area contributed by atoms with Crippen molar-refractivity contribution in [3.05, 3.63) is 0 Å². The van der Waals surface area contributed by atoms with Crippen LogP contribution >= 0.6 is 0 Å². The van der Waals surface area contributed by atoms with Gasteiger partial charge in [0.1, 0.15) is 5.54 Å². The van der Waals surface area contributed by atoms with E-state index in [1.807, 2.05) is 0 Å². The predicted molar refractivity (Wildman–Crippen MR) is 64.6 cm³/mol. The fraction of sp³-hybridized carbons (Fsp3) is 0.917. The Hall–Kier alpha value is -0.610. The number of hydrogen-bond acceptors (Lipinski definition) is 3. The van der Waals surface area contributed by atoms with E-state index in [1.165, 1.54) is 0 Å². The van der Waals surface area contributed by atoms with E-state index in [-0.39, 0.29) is 0 Å². The van der Waals surface area contributed by atoms with Gasteiger partial charge in [-0.2, -0.15) is 0 Å². The topological polar surface area (TPSA) is 52.6 Å². The molecule has 1 fully saturated rings.